The lowest BCUT2D eigenvalue weighted by Crippen LogP contribution is -2.25. The van der Waals surface area contributed by atoms with E-state index in [0.717, 1.165) is 74.9 Å². The van der Waals surface area contributed by atoms with E-state index < -0.39 is 11.9 Å². The summed E-state index contributed by atoms with van der Waals surface area (Å²) in [5.74, 6) is -2.36. The first kappa shape index (κ1) is 31.7. The van der Waals surface area contributed by atoms with Crippen molar-refractivity contribution in [3.8, 4) is 0 Å². The second-order valence-electron chi connectivity index (χ2n) is 13.1. The van der Waals surface area contributed by atoms with Crippen molar-refractivity contribution in [1.29, 1.82) is 0 Å². The van der Waals surface area contributed by atoms with E-state index in [4.69, 9.17) is 24.5 Å². The van der Waals surface area contributed by atoms with Crippen molar-refractivity contribution in [2.75, 3.05) is 20.8 Å². The summed E-state index contributed by atoms with van der Waals surface area (Å²) in [5, 5.41) is 24.2. The van der Waals surface area contributed by atoms with Crippen LogP contribution in [0.4, 0.5) is 0 Å². The third kappa shape index (κ3) is 4.81. The highest BCUT2D eigenvalue weighted by Crippen LogP contribution is 2.49. The van der Waals surface area contributed by atoms with E-state index in [1.54, 1.807) is 0 Å². The number of fused-ring (bicyclic) bond motifs is 5. The highest BCUT2D eigenvalue weighted by atomic mass is 16.5. The van der Waals surface area contributed by atoms with E-state index >= 15 is 0 Å². The number of allylic oxidation sites excluding steroid dienone is 10. The van der Waals surface area contributed by atoms with Gasteiger partial charge in [0.05, 0.1) is 61.0 Å². The first-order valence-electron chi connectivity index (χ1n) is 16.6. The molecule has 0 aromatic heterocycles. The van der Waals surface area contributed by atoms with Crippen LogP contribution in [-0.2, 0) is 19.1 Å². The summed E-state index contributed by atoms with van der Waals surface area (Å²) in [7, 11) is 2.70. The Morgan fingerprint density at radius 1 is 0.958 bits per heavy atom. The molecule has 6 aliphatic heterocycles. The topological polar surface area (TPSA) is 147 Å². The molecule has 2 N–H and O–H groups in total. The Bertz CT molecular complexity index is 1960. The Labute approximate surface area is 279 Å². The van der Waals surface area contributed by atoms with Gasteiger partial charge in [-0.25, -0.2) is 15.0 Å². The van der Waals surface area contributed by atoms with Gasteiger partial charge in [-0.15, -0.1) is 0 Å². The van der Waals surface area contributed by atoms with Crippen molar-refractivity contribution >= 4 is 29.1 Å². The quantitative estimate of drug-likeness (QED) is 0.326. The van der Waals surface area contributed by atoms with Crippen molar-refractivity contribution in [3.63, 3.8) is 0 Å². The van der Waals surface area contributed by atoms with Crippen molar-refractivity contribution in [1.82, 2.24) is 5.32 Å². The lowest BCUT2D eigenvalue weighted by atomic mass is 9.84. The zero-order chi connectivity index (χ0) is 34.0. The van der Waals surface area contributed by atoms with Crippen molar-refractivity contribution in [2.24, 2.45) is 43.0 Å². The number of aliphatic imine (C=N–C) groups is 3. The van der Waals surface area contributed by atoms with Crippen LogP contribution in [0.1, 0.15) is 60.3 Å². The molecule has 4 atom stereocenters. The van der Waals surface area contributed by atoms with Gasteiger partial charge in [0.2, 0.25) is 0 Å². The molecule has 0 amide bonds. The van der Waals surface area contributed by atoms with Gasteiger partial charge in [-0.2, -0.15) is 10.2 Å². The maximum Gasteiger partial charge on any atom is 0.321 e. The zero-order valence-corrected chi connectivity index (χ0v) is 28.4. The molecule has 7 rings (SSSR count). The summed E-state index contributed by atoms with van der Waals surface area (Å²) in [5.41, 5.74) is 12.2. The molecule has 1 aliphatic carbocycles. The number of aliphatic hydroxyl groups is 1. The van der Waals surface area contributed by atoms with Crippen molar-refractivity contribution in [2.45, 2.75) is 66.3 Å². The highest BCUT2D eigenvalue weighted by Gasteiger charge is 2.49. The standard InChI is InChI=1S/C37H40N6O5/c1-8-20-16(2)23-15-28-30(22-11-12-38-43-22)18(4)25(40-28)13-24-17(3)21(9-10-29(44)47-6)34(41-24)32-33(37(46)48-7)36(45)31-19(5)26(42-35(31)32)14-27(20)39-23/h13-15,17,21-22,33,41,45H,8-12H2,1-7H3/t17-,21-,22?,33+/m0/s1. The van der Waals surface area contributed by atoms with E-state index in [0.29, 0.717) is 35.5 Å². The van der Waals surface area contributed by atoms with Crippen LogP contribution in [0.3, 0.4) is 0 Å². The number of esters is 2. The number of carbonyl (C=O) groups is 2. The number of azo groups is 1. The molecule has 11 nitrogen and oxygen atoms in total. The lowest BCUT2D eigenvalue weighted by Gasteiger charge is -2.20. The van der Waals surface area contributed by atoms with Gasteiger partial charge in [-0.05, 0) is 80.6 Å². The van der Waals surface area contributed by atoms with Gasteiger partial charge in [-0.3, -0.25) is 9.59 Å². The number of nitrogens with one attached hydrogen (secondary N) is 1. The SMILES string of the molecule is CCC1=C(C)C2=NC1=CC1=C(C)C3=C(O)[C@H](C(=O)OC)C(=C4NC(=CC5=NC(=C2)C(C2CCN=N2)=C5C)[C@@H](C)[C@@H]4CCC(=O)OC)C3=N1. The molecule has 0 spiro atoms. The molecular weight excluding hydrogens is 608 g/mol. The van der Waals surface area contributed by atoms with Gasteiger partial charge in [0.25, 0.3) is 0 Å². The maximum absolute atomic E-state index is 13.4. The molecule has 6 heterocycles. The fraction of sp³-hybridized carbons (Fsp3) is 0.432. The number of hydrogen-bond acceptors (Lipinski definition) is 11. The van der Waals surface area contributed by atoms with Crippen LogP contribution in [0.25, 0.3) is 0 Å². The Morgan fingerprint density at radius 3 is 2.40 bits per heavy atom. The minimum atomic E-state index is -1.06. The number of aliphatic hydroxyl groups excluding tert-OH is 1. The van der Waals surface area contributed by atoms with Crippen LogP contribution in [0.15, 0.2) is 117 Å². The Kier molecular flexibility index (Phi) is 7.88. The van der Waals surface area contributed by atoms with Gasteiger partial charge >= 0.3 is 11.9 Å². The summed E-state index contributed by atoms with van der Waals surface area (Å²) < 4.78 is 10.2. The number of methoxy groups -OCH3 is 2. The van der Waals surface area contributed by atoms with Gasteiger partial charge < -0.3 is 19.9 Å². The number of carbonyl (C=O) groups excluding carboxylic acids is 2. The Morgan fingerprint density at radius 2 is 1.71 bits per heavy atom. The predicted octanol–water partition coefficient (Wildman–Crippen LogP) is 6.23. The summed E-state index contributed by atoms with van der Waals surface area (Å²) in [6.07, 6.45) is 8.32. The first-order valence-corrected chi connectivity index (χ1v) is 16.6. The van der Waals surface area contributed by atoms with Crippen LogP contribution in [0.2, 0.25) is 0 Å². The molecule has 11 heteroatoms. The van der Waals surface area contributed by atoms with E-state index in [2.05, 4.69) is 55.4 Å². The average molecular weight is 649 g/mol. The van der Waals surface area contributed by atoms with Crippen LogP contribution in [0.5, 0.6) is 0 Å². The minimum Gasteiger partial charge on any atom is -0.510 e. The smallest absolute Gasteiger partial charge is 0.321 e. The van der Waals surface area contributed by atoms with E-state index in [-0.39, 0.29) is 36.0 Å². The zero-order valence-electron chi connectivity index (χ0n) is 28.4. The molecule has 0 aromatic rings. The molecule has 0 saturated carbocycles. The molecular formula is C37H40N6O5. The normalized spacial score (nSPS) is 27.4. The number of ether oxygens (including phenoxy) is 2. The number of nitrogens with zero attached hydrogens (tertiary/aromatic N) is 5. The molecule has 48 heavy (non-hydrogen) atoms. The van der Waals surface area contributed by atoms with E-state index in [1.165, 1.54) is 14.2 Å². The first-order chi connectivity index (χ1) is 23.1. The summed E-state index contributed by atoms with van der Waals surface area (Å²) in [6.45, 7) is 11.0. The number of hydrogen-bond donors (Lipinski definition) is 2. The second kappa shape index (κ2) is 11.9. The summed E-state index contributed by atoms with van der Waals surface area (Å²) in [4.78, 5) is 41.1. The largest absolute Gasteiger partial charge is 0.510 e. The monoisotopic (exact) mass is 648 g/mol. The summed E-state index contributed by atoms with van der Waals surface area (Å²) >= 11 is 0. The molecule has 1 unspecified atom stereocenters. The van der Waals surface area contributed by atoms with Crippen LogP contribution >= 0.6 is 0 Å². The van der Waals surface area contributed by atoms with Crippen LogP contribution in [0, 0.1) is 17.8 Å². The van der Waals surface area contributed by atoms with E-state index in [9.17, 15) is 14.7 Å². The maximum atomic E-state index is 13.4. The molecule has 0 aromatic carbocycles. The minimum absolute atomic E-state index is 0.0881. The molecule has 1 saturated heterocycles. The summed E-state index contributed by atoms with van der Waals surface area (Å²) in [6, 6.07) is -0.0881. The van der Waals surface area contributed by atoms with Crippen molar-refractivity contribution < 1.29 is 24.2 Å². The van der Waals surface area contributed by atoms with Gasteiger partial charge in [-0.1, -0.05) is 13.8 Å². The molecule has 1 fully saturated rings. The third-order valence-electron chi connectivity index (χ3n) is 10.6. The third-order valence-corrected chi connectivity index (χ3v) is 10.6. The number of rotatable bonds is 6. The van der Waals surface area contributed by atoms with Crippen LogP contribution in [-0.4, -0.2) is 61.0 Å². The highest BCUT2D eigenvalue weighted by molar-refractivity contribution is 6.24. The fourth-order valence-corrected chi connectivity index (χ4v) is 7.91. The fourth-order valence-electron chi connectivity index (χ4n) is 7.91. The van der Waals surface area contributed by atoms with Gasteiger partial charge in [0.15, 0.2) is 0 Å². The Balaban J connectivity index is 1.51. The molecule has 7 aliphatic rings. The van der Waals surface area contributed by atoms with Crippen molar-refractivity contribution in [3.05, 3.63) is 91.5 Å². The average Bonchev–Trinajstić information content (AvgIpc) is 3.91. The van der Waals surface area contributed by atoms with E-state index in [1.807, 2.05) is 13.0 Å². The van der Waals surface area contributed by atoms with Gasteiger partial charge in [0.1, 0.15) is 11.7 Å². The predicted molar refractivity (Wildman–Crippen MR) is 182 cm³/mol. The second-order valence-corrected chi connectivity index (χ2v) is 13.1. The lowest BCUT2D eigenvalue weighted by molar-refractivity contribution is -0.143. The molecule has 248 valence electrons. The molecule has 0 radical (unpaired) electrons. The van der Waals surface area contributed by atoms with Crippen LogP contribution < -0.4 is 5.32 Å². The Hall–Kier alpha value is -4.93. The van der Waals surface area contributed by atoms with Gasteiger partial charge in [0, 0.05) is 46.4 Å². The molecule has 8 bridgehead atoms.